The van der Waals surface area contributed by atoms with Gasteiger partial charge in [-0.1, -0.05) is 70.2 Å². The lowest BCUT2D eigenvalue weighted by Crippen LogP contribution is -2.32. The van der Waals surface area contributed by atoms with Crippen molar-refractivity contribution < 1.29 is 9.90 Å². The number of aliphatic hydroxyl groups excluding tert-OH is 1. The molecule has 1 N–H and O–H groups in total. The number of aliphatic imine (C=N–C) groups is 1. The number of carbonyl (C=O) groups excluding carboxylic acids is 1. The number of fused-ring (bicyclic) bond motifs is 1. The van der Waals surface area contributed by atoms with Gasteiger partial charge in [0.2, 0.25) is 5.78 Å². The SMILES string of the molecule is C/N=C(\C=C1/C(=O)C(/C=C2/N(C)c3ccccc3C2(C)C)=C1O)C(C)(C)c1ccccc1C. The van der Waals surface area contributed by atoms with Crippen LogP contribution in [0.1, 0.15) is 44.4 Å². The van der Waals surface area contributed by atoms with E-state index in [1.54, 1.807) is 13.1 Å². The highest BCUT2D eigenvalue weighted by Crippen LogP contribution is 2.48. The molecule has 0 aromatic heterocycles. The largest absolute Gasteiger partial charge is 0.506 e. The Hall–Kier alpha value is -3.40. The Morgan fingerprint density at radius 2 is 1.73 bits per heavy atom. The van der Waals surface area contributed by atoms with Crippen LogP contribution in [-0.4, -0.2) is 30.7 Å². The fourth-order valence-electron chi connectivity index (χ4n) is 5.18. The third kappa shape index (κ3) is 3.45. The van der Waals surface area contributed by atoms with Gasteiger partial charge in [0.15, 0.2) is 0 Å². The molecule has 1 aliphatic carbocycles. The Balaban J connectivity index is 1.71. The number of benzene rings is 2. The van der Waals surface area contributed by atoms with E-state index in [0.717, 1.165) is 22.7 Å². The first-order chi connectivity index (χ1) is 15.5. The number of hydrogen-bond acceptors (Lipinski definition) is 4. The van der Waals surface area contributed by atoms with Crippen LogP contribution in [0, 0.1) is 6.92 Å². The molecule has 2 aliphatic rings. The standard InChI is InChI=1S/C29H32N2O2/c1-18-12-8-9-13-21(18)28(2,3)24(30-6)16-19-26(32)20(27(19)33)17-25-29(4,5)22-14-10-11-15-23(22)31(25)7/h8-17,32H,1-7H3/b19-16-,25-17+,30-24+. The number of Topliss-reactive ketones (excluding diaryl/α,β-unsaturated/α-hetero) is 1. The van der Waals surface area contributed by atoms with Gasteiger partial charge in [-0.3, -0.25) is 9.79 Å². The van der Waals surface area contributed by atoms with Gasteiger partial charge in [0.25, 0.3) is 0 Å². The summed E-state index contributed by atoms with van der Waals surface area (Å²) in [5.41, 5.74) is 6.39. The fourth-order valence-corrected chi connectivity index (χ4v) is 5.18. The Bertz CT molecular complexity index is 1270. The van der Waals surface area contributed by atoms with Gasteiger partial charge in [0.1, 0.15) is 5.76 Å². The summed E-state index contributed by atoms with van der Waals surface area (Å²) < 4.78 is 0. The van der Waals surface area contributed by atoms with E-state index in [-0.39, 0.29) is 17.0 Å². The third-order valence-corrected chi connectivity index (χ3v) is 7.20. The number of carbonyl (C=O) groups is 1. The molecule has 0 fully saturated rings. The molecule has 1 heterocycles. The van der Waals surface area contributed by atoms with Gasteiger partial charge in [-0.2, -0.15) is 0 Å². The van der Waals surface area contributed by atoms with Gasteiger partial charge in [-0.05, 0) is 41.8 Å². The van der Waals surface area contributed by atoms with Crippen molar-refractivity contribution in [2.45, 2.75) is 45.4 Å². The Morgan fingerprint density at radius 3 is 2.33 bits per heavy atom. The second-order valence-electron chi connectivity index (χ2n) is 9.93. The lowest BCUT2D eigenvalue weighted by molar-refractivity contribution is -0.113. The highest BCUT2D eigenvalue weighted by Gasteiger charge is 2.41. The highest BCUT2D eigenvalue weighted by molar-refractivity contribution is 6.24. The highest BCUT2D eigenvalue weighted by atomic mass is 16.3. The summed E-state index contributed by atoms with van der Waals surface area (Å²) in [6.07, 6.45) is 3.58. The van der Waals surface area contributed by atoms with Gasteiger partial charge < -0.3 is 10.0 Å². The maximum Gasteiger partial charge on any atom is 0.200 e. The quantitative estimate of drug-likeness (QED) is 0.470. The maximum atomic E-state index is 13.1. The van der Waals surface area contributed by atoms with Crippen LogP contribution in [0.2, 0.25) is 0 Å². The van der Waals surface area contributed by atoms with Crippen molar-refractivity contribution >= 4 is 17.2 Å². The summed E-state index contributed by atoms with van der Waals surface area (Å²) in [5, 5.41) is 10.9. The van der Waals surface area contributed by atoms with E-state index >= 15 is 0 Å². The van der Waals surface area contributed by atoms with Crippen LogP contribution in [0.25, 0.3) is 0 Å². The summed E-state index contributed by atoms with van der Waals surface area (Å²) >= 11 is 0. The summed E-state index contributed by atoms with van der Waals surface area (Å²) in [6.45, 7) is 10.5. The van der Waals surface area contributed by atoms with Crippen LogP contribution < -0.4 is 4.90 Å². The van der Waals surface area contributed by atoms with Crippen molar-refractivity contribution in [3.63, 3.8) is 0 Å². The molecule has 0 radical (unpaired) electrons. The summed E-state index contributed by atoms with van der Waals surface area (Å²) in [6, 6.07) is 16.4. The van der Waals surface area contributed by atoms with Crippen LogP contribution in [0.15, 0.2) is 88.3 Å². The van der Waals surface area contributed by atoms with E-state index in [4.69, 9.17) is 0 Å². The van der Waals surface area contributed by atoms with Crippen molar-refractivity contribution in [3.8, 4) is 0 Å². The summed E-state index contributed by atoms with van der Waals surface area (Å²) in [7, 11) is 3.73. The molecule has 2 aromatic carbocycles. The lowest BCUT2D eigenvalue weighted by Gasteiger charge is -2.30. The molecule has 0 unspecified atom stereocenters. The topological polar surface area (TPSA) is 52.9 Å². The molecule has 0 amide bonds. The van der Waals surface area contributed by atoms with E-state index in [2.05, 4.69) is 68.8 Å². The van der Waals surface area contributed by atoms with E-state index in [1.165, 1.54) is 11.1 Å². The van der Waals surface area contributed by atoms with Crippen LogP contribution >= 0.6 is 0 Å². The maximum absolute atomic E-state index is 13.1. The zero-order chi connectivity index (χ0) is 24.1. The third-order valence-electron chi connectivity index (χ3n) is 7.20. The van der Waals surface area contributed by atoms with E-state index < -0.39 is 5.41 Å². The van der Waals surface area contributed by atoms with Gasteiger partial charge in [-0.25, -0.2) is 0 Å². The van der Waals surface area contributed by atoms with Gasteiger partial charge in [0, 0.05) is 42.0 Å². The number of allylic oxidation sites excluding steroid dienone is 5. The molecule has 1 aliphatic heterocycles. The molecular formula is C29H32N2O2. The van der Waals surface area contributed by atoms with Crippen LogP contribution in [-0.2, 0) is 15.6 Å². The minimum absolute atomic E-state index is 0.0365. The van der Waals surface area contributed by atoms with E-state index in [0.29, 0.717) is 11.1 Å². The predicted molar refractivity (Wildman–Crippen MR) is 136 cm³/mol. The molecule has 4 nitrogen and oxygen atoms in total. The Kier molecular flexibility index (Phi) is 5.44. The molecule has 0 saturated heterocycles. The minimum atomic E-state index is -0.406. The van der Waals surface area contributed by atoms with E-state index in [9.17, 15) is 9.90 Å². The minimum Gasteiger partial charge on any atom is -0.506 e. The smallest absolute Gasteiger partial charge is 0.200 e. The molecule has 33 heavy (non-hydrogen) atoms. The van der Waals surface area contributed by atoms with Crippen molar-refractivity contribution in [2.24, 2.45) is 4.99 Å². The zero-order valence-electron chi connectivity index (χ0n) is 20.5. The van der Waals surface area contributed by atoms with Gasteiger partial charge in [0.05, 0.1) is 11.1 Å². The average Bonchev–Trinajstić information content (AvgIpc) is 2.98. The van der Waals surface area contributed by atoms with Crippen LogP contribution in [0.4, 0.5) is 5.69 Å². The Morgan fingerprint density at radius 1 is 1.09 bits per heavy atom. The number of likely N-dealkylation sites (N-methyl/N-ethyl adjacent to an activating group) is 1. The number of nitrogens with zero attached hydrogens (tertiary/aromatic N) is 2. The monoisotopic (exact) mass is 440 g/mol. The number of rotatable bonds is 4. The summed E-state index contributed by atoms with van der Waals surface area (Å²) in [5.74, 6) is -0.115. The number of aryl methyl sites for hydroxylation is 1. The number of hydrogen-bond donors (Lipinski definition) is 1. The average molecular weight is 441 g/mol. The van der Waals surface area contributed by atoms with Crippen molar-refractivity contribution in [1.29, 1.82) is 0 Å². The van der Waals surface area contributed by atoms with Crippen molar-refractivity contribution in [1.82, 2.24) is 0 Å². The van der Waals surface area contributed by atoms with Gasteiger partial charge >= 0.3 is 0 Å². The summed E-state index contributed by atoms with van der Waals surface area (Å²) in [4.78, 5) is 19.7. The Labute approximate surface area is 196 Å². The first-order valence-electron chi connectivity index (χ1n) is 11.3. The fraction of sp³-hybridized carbons (Fsp3) is 0.310. The predicted octanol–water partition coefficient (Wildman–Crippen LogP) is 5.98. The van der Waals surface area contributed by atoms with Crippen LogP contribution in [0.3, 0.4) is 0 Å². The number of anilines is 1. The van der Waals surface area contributed by atoms with Crippen molar-refractivity contribution in [3.05, 3.63) is 100.0 Å². The second kappa shape index (κ2) is 7.87. The molecule has 0 bridgehead atoms. The molecule has 0 spiro atoms. The first kappa shape index (κ1) is 22.8. The van der Waals surface area contributed by atoms with E-state index in [1.807, 2.05) is 37.4 Å². The molecule has 4 rings (SSSR count). The van der Waals surface area contributed by atoms with Crippen molar-refractivity contribution in [2.75, 3.05) is 19.0 Å². The molecule has 2 aromatic rings. The molecule has 0 atom stereocenters. The van der Waals surface area contributed by atoms with Gasteiger partial charge in [-0.15, -0.1) is 0 Å². The number of ketones is 1. The first-order valence-corrected chi connectivity index (χ1v) is 11.3. The normalized spacial score (nSPS) is 20.5. The zero-order valence-corrected chi connectivity index (χ0v) is 20.5. The molecule has 4 heteroatoms. The molecular weight excluding hydrogens is 408 g/mol. The number of aliphatic hydroxyl groups is 1. The second-order valence-corrected chi connectivity index (χ2v) is 9.93. The molecule has 170 valence electrons. The molecule has 0 saturated carbocycles. The number of para-hydroxylation sites is 1. The van der Waals surface area contributed by atoms with Crippen LogP contribution in [0.5, 0.6) is 0 Å². The lowest BCUT2D eigenvalue weighted by atomic mass is 9.75.